The lowest BCUT2D eigenvalue weighted by atomic mass is 9.97. The van der Waals surface area contributed by atoms with Gasteiger partial charge in [-0.2, -0.15) is 13.9 Å². The first-order chi connectivity index (χ1) is 22.0. The fourth-order valence-electron chi connectivity index (χ4n) is 5.63. The molecule has 3 aromatic heterocycles. The van der Waals surface area contributed by atoms with Crippen LogP contribution >= 0.6 is 11.6 Å². The fourth-order valence-corrected chi connectivity index (χ4v) is 5.79. The number of rotatable bonds is 6. The molecule has 1 aromatic carbocycles. The zero-order chi connectivity index (χ0) is 32.7. The summed E-state index contributed by atoms with van der Waals surface area (Å²) in [5, 5.41) is 7.52. The van der Waals surface area contributed by atoms with Gasteiger partial charge in [-0.3, -0.25) is 24.1 Å². The minimum absolute atomic E-state index is 0.00396. The van der Waals surface area contributed by atoms with E-state index in [2.05, 4.69) is 20.4 Å². The number of fused-ring (bicyclic) bond motifs is 4. The molecule has 2 atom stereocenters. The number of amides is 1. The van der Waals surface area contributed by atoms with Gasteiger partial charge in [-0.1, -0.05) is 24.9 Å². The number of hydrogen-bond donors (Lipinski definition) is 3. The maximum atomic E-state index is 15.5. The molecule has 0 saturated heterocycles. The summed E-state index contributed by atoms with van der Waals surface area (Å²) in [5.74, 6) is 4.87. The molecule has 2 aliphatic rings. The van der Waals surface area contributed by atoms with Crippen molar-refractivity contribution in [3.63, 3.8) is 0 Å². The van der Waals surface area contributed by atoms with E-state index in [0.717, 1.165) is 12.8 Å². The minimum atomic E-state index is -2.97. The fraction of sp³-hybridized carbons (Fsp3) is 0.323. The standard InChI is InChI=1S/C31H31ClF3N9O2/c1-16-3-2-4-24(21-11-18(9-10-38-21)29-23(41-30(16)46)13-40-44(29)31(34)35)42-15-39-22(12-26(42)45)27-25(8-7-19(32)28(27)33)43(37)14-20(36)17-5-6-17/h7-17,24,31H,2-6,36-37H2,1H3,(H,41,46)/b20-14-. The van der Waals surface area contributed by atoms with Gasteiger partial charge in [0.15, 0.2) is 5.82 Å². The molecular weight excluding hydrogens is 623 g/mol. The summed E-state index contributed by atoms with van der Waals surface area (Å²) >= 11 is 6.13. The second-order valence-corrected chi connectivity index (χ2v) is 11.9. The van der Waals surface area contributed by atoms with Crippen molar-refractivity contribution in [3.05, 3.63) is 87.8 Å². The van der Waals surface area contributed by atoms with Gasteiger partial charge in [0.25, 0.3) is 5.56 Å². The van der Waals surface area contributed by atoms with Crippen LogP contribution in [0.5, 0.6) is 0 Å². The molecule has 240 valence electrons. The predicted octanol–water partition coefficient (Wildman–Crippen LogP) is 5.59. The van der Waals surface area contributed by atoms with Gasteiger partial charge >= 0.3 is 6.55 Å². The Morgan fingerprint density at radius 2 is 1.93 bits per heavy atom. The lowest BCUT2D eigenvalue weighted by Crippen LogP contribution is -2.28. The third-order valence-corrected chi connectivity index (χ3v) is 8.60. The van der Waals surface area contributed by atoms with E-state index in [9.17, 15) is 18.4 Å². The van der Waals surface area contributed by atoms with Crippen molar-refractivity contribution in [2.45, 2.75) is 51.6 Å². The zero-order valence-electron chi connectivity index (χ0n) is 24.7. The molecule has 1 saturated carbocycles. The van der Waals surface area contributed by atoms with Crippen molar-refractivity contribution in [3.8, 4) is 22.5 Å². The molecule has 1 amide bonds. The monoisotopic (exact) mass is 653 g/mol. The van der Waals surface area contributed by atoms with E-state index >= 15 is 4.39 Å². The normalized spacial score (nSPS) is 18.8. The molecule has 6 rings (SSSR count). The minimum Gasteiger partial charge on any atom is -0.401 e. The SMILES string of the molecule is CC1CCCC(n2cnc(-c3c(N(N)/C=C(\N)C4CC4)ccc(Cl)c3F)cc2=O)c2cc(ccn2)-c2c(cnn2C(F)F)NC1=O. The Kier molecular flexibility index (Phi) is 8.57. The third-order valence-electron chi connectivity index (χ3n) is 8.31. The van der Waals surface area contributed by atoms with E-state index in [0.29, 0.717) is 40.9 Å². The van der Waals surface area contributed by atoms with Gasteiger partial charge in [-0.05, 0) is 49.9 Å². The number of nitrogens with one attached hydrogen (secondary N) is 1. The van der Waals surface area contributed by atoms with Crippen LogP contribution in [0.1, 0.15) is 57.3 Å². The van der Waals surface area contributed by atoms with Crippen LogP contribution in [0.25, 0.3) is 22.5 Å². The van der Waals surface area contributed by atoms with Crippen molar-refractivity contribution < 1.29 is 18.0 Å². The molecule has 0 radical (unpaired) electrons. The summed E-state index contributed by atoms with van der Waals surface area (Å²) in [7, 11) is 0. The maximum Gasteiger partial charge on any atom is 0.333 e. The van der Waals surface area contributed by atoms with Crippen LogP contribution in [0.3, 0.4) is 0 Å². The number of aromatic nitrogens is 5. The number of nitrogens with two attached hydrogens (primary N) is 2. The van der Waals surface area contributed by atoms with Crippen LogP contribution in [-0.4, -0.2) is 30.2 Å². The number of carbonyl (C=O) groups excluding carboxylic acids is 1. The van der Waals surface area contributed by atoms with Gasteiger partial charge in [0.2, 0.25) is 5.91 Å². The van der Waals surface area contributed by atoms with Crippen LogP contribution in [0.4, 0.5) is 24.5 Å². The summed E-state index contributed by atoms with van der Waals surface area (Å²) in [4.78, 5) is 35.6. The zero-order valence-corrected chi connectivity index (χ0v) is 25.5. The number of alkyl halides is 2. The Labute approximate surface area is 266 Å². The maximum absolute atomic E-state index is 15.5. The topological polar surface area (TPSA) is 150 Å². The van der Waals surface area contributed by atoms with E-state index in [1.807, 2.05) is 0 Å². The largest absolute Gasteiger partial charge is 0.401 e. The van der Waals surface area contributed by atoms with Crippen molar-refractivity contribution in [2.24, 2.45) is 23.4 Å². The number of anilines is 2. The van der Waals surface area contributed by atoms with Gasteiger partial charge in [-0.15, -0.1) is 0 Å². The molecule has 5 N–H and O–H groups in total. The average Bonchev–Trinajstić information content (AvgIpc) is 3.80. The molecule has 1 aliphatic heterocycles. The Balaban J connectivity index is 1.43. The average molecular weight is 654 g/mol. The van der Waals surface area contributed by atoms with Crippen LogP contribution in [-0.2, 0) is 4.79 Å². The predicted molar refractivity (Wildman–Crippen MR) is 167 cm³/mol. The number of nitrogens with zero attached hydrogens (tertiary/aromatic N) is 6. The molecule has 11 nitrogen and oxygen atoms in total. The van der Waals surface area contributed by atoms with E-state index < -0.39 is 29.9 Å². The number of benzene rings is 1. The second-order valence-electron chi connectivity index (χ2n) is 11.5. The molecule has 2 bridgehead atoms. The van der Waals surface area contributed by atoms with Crippen LogP contribution < -0.4 is 27.5 Å². The molecule has 15 heteroatoms. The first kappa shape index (κ1) is 31.3. The number of hydrazine groups is 1. The Bertz CT molecular complexity index is 1890. The lowest BCUT2D eigenvalue weighted by Gasteiger charge is -2.23. The van der Waals surface area contributed by atoms with Gasteiger partial charge in [-0.25, -0.2) is 19.9 Å². The molecule has 2 unspecified atom stereocenters. The first-order valence-corrected chi connectivity index (χ1v) is 15.1. The van der Waals surface area contributed by atoms with E-state index in [4.69, 9.17) is 23.2 Å². The number of pyridine rings is 1. The highest BCUT2D eigenvalue weighted by Crippen LogP contribution is 2.38. The number of carbonyl (C=O) groups is 1. The summed E-state index contributed by atoms with van der Waals surface area (Å²) < 4.78 is 45.3. The van der Waals surface area contributed by atoms with Crippen molar-refractivity contribution in [1.29, 1.82) is 0 Å². The highest BCUT2D eigenvalue weighted by atomic mass is 35.5. The van der Waals surface area contributed by atoms with E-state index in [1.54, 1.807) is 13.0 Å². The molecule has 4 heterocycles. The molecule has 1 fully saturated rings. The molecule has 4 aromatic rings. The summed E-state index contributed by atoms with van der Waals surface area (Å²) in [6, 6.07) is 6.47. The summed E-state index contributed by atoms with van der Waals surface area (Å²) in [6.45, 7) is -1.24. The van der Waals surface area contributed by atoms with Crippen molar-refractivity contribution >= 4 is 28.9 Å². The summed E-state index contributed by atoms with van der Waals surface area (Å²) in [6.07, 6.45) is 8.65. The van der Waals surface area contributed by atoms with Gasteiger partial charge in [0.1, 0.15) is 0 Å². The van der Waals surface area contributed by atoms with E-state index in [1.165, 1.54) is 58.8 Å². The number of halogens is 4. The van der Waals surface area contributed by atoms with Crippen LogP contribution in [0, 0.1) is 17.7 Å². The van der Waals surface area contributed by atoms with Gasteiger partial charge in [0, 0.05) is 41.6 Å². The Morgan fingerprint density at radius 1 is 1.15 bits per heavy atom. The number of allylic oxidation sites excluding steroid dienone is 1. The smallest absolute Gasteiger partial charge is 0.333 e. The van der Waals surface area contributed by atoms with Crippen LogP contribution in [0.15, 0.2) is 65.7 Å². The summed E-state index contributed by atoms with van der Waals surface area (Å²) in [5.41, 5.74) is 7.15. The van der Waals surface area contributed by atoms with Gasteiger partial charge in [0.05, 0.1) is 57.6 Å². The van der Waals surface area contributed by atoms with Crippen molar-refractivity contribution in [2.75, 3.05) is 10.3 Å². The Hall–Kier alpha value is -4.69. The molecular formula is C31H31ClF3N9O2. The second kappa shape index (κ2) is 12.6. The van der Waals surface area contributed by atoms with Crippen LogP contribution in [0.2, 0.25) is 5.02 Å². The molecule has 1 aliphatic carbocycles. The first-order valence-electron chi connectivity index (χ1n) is 14.7. The Morgan fingerprint density at radius 3 is 2.65 bits per heavy atom. The molecule has 0 spiro atoms. The van der Waals surface area contributed by atoms with E-state index in [-0.39, 0.29) is 45.2 Å². The quantitative estimate of drug-likeness (QED) is 0.180. The lowest BCUT2D eigenvalue weighted by molar-refractivity contribution is -0.119. The third kappa shape index (κ3) is 6.09. The number of hydrogen-bond acceptors (Lipinski definition) is 8. The highest BCUT2D eigenvalue weighted by molar-refractivity contribution is 6.31. The molecule has 46 heavy (non-hydrogen) atoms. The highest BCUT2D eigenvalue weighted by Gasteiger charge is 2.28. The van der Waals surface area contributed by atoms with Gasteiger partial charge < -0.3 is 11.1 Å². The van der Waals surface area contributed by atoms with Crippen molar-refractivity contribution in [1.82, 2.24) is 24.3 Å².